The Morgan fingerprint density at radius 2 is 2.10 bits per heavy atom. The number of fused-ring (bicyclic) bond motifs is 1. The standard InChI is InChI=1S/C22H22N4O2S/c1-5-26-12-17(16-7-6-10-23-20(16)26)22-24-14(3)19(29-22)21(27)25-18-9-8-15(28-4)11-13(18)2/h6-12H,5H2,1-4H3,(H,25,27). The molecule has 3 heterocycles. The third-order valence-corrected chi connectivity index (χ3v) is 6.08. The van der Waals surface area contributed by atoms with Crippen molar-refractivity contribution < 1.29 is 9.53 Å². The summed E-state index contributed by atoms with van der Waals surface area (Å²) in [4.78, 5) is 22.7. The van der Waals surface area contributed by atoms with E-state index in [4.69, 9.17) is 4.74 Å². The molecule has 0 atom stereocenters. The Bertz CT molecular complexity index is 1210. The van der Waals surface area contributed by atoms with Gasteiger partial charge in [-0.15, -0.1) is 11.3 Å². The Kier molecular flexibility index (Phi) is 5.07. The number of anilines is 1. The van der Waals surface area contributed by atoms with Gasteiger partial charge in [0.1, 0.15) is 21.3 Å². The lowest BCUT2D eigenvalue weighted by Crippen LogP contribution is -2.12. The molecule has 1 amide bonds. The molecule has 0 saturated heterocycles. The molecule has 0 spiro atoms. The smallest absolute Gasteiger partial charge is 0.267 e. The topological polar surface area (TPSA) is 69.0 Å². The van der Waals surface area contributed by atoms with E-state index in [0.717, 1.165) is 50.8 Å². The average molecular weight is 407 g/mol. The molecule has 0 aliphatic rings. The quantitative estimate of drug-likeness (QED) is 0.503. The monoisotopic (exact) mass is 406 g/mol. The van der Waals surface area contributed by atoms with Gasteiger partial charge in [0, 0.05) is 35.6 Å². The number of aryl methyl sites for hydroxylation is 3. The van der Waals surface area contributed by atoms with E-state index < -0.39 is 0 Å². The largest absolute Gasteiger partial charge is 0.497 e. The van der Waals surface area contributed by atoms with Crippen LogP contribution in [-0.4, -0.2) is 27.6 Å². The number of carbonyl (C=O) groups excluding carboxylic acids is 1. The molecule has 148 valence electrons. The highest BCUT2D eigenvalue weighted by molar-refractivity contribution is 7.17. The van der Waals surface area contributed by atoms with Gasteiger partial charge in [-0.3, -0.25) is 4.79 Å². The van der Waals surface area contributed by atoms with Crippen molar-refractivity contribution in [1.29, 1.82) is 0 Å². The van der Waals surface area contributed by atoms with Gasteiger partial charge < -0.3 is 14.6 Å². The van der Waals surface area contributed by atoms with Crippen molar-refractivity contribution >= 4 is 34.0 Å². The minimum Gasteiger partial charge on any atom is -0.497 e. The van der Waals surface area contributed by atoms with Gasteiger partial charge in [0.15, 0.2) is 0 Å². The number of carbonyl (C=O) groups is 1. The normalized spacial score (nSPS) is 11.0. The highest BCUT2D eigenvalue weighted by Gasteiger charge is 2.20. The Balaban J connectivity index is 1.68. The zero-order valence-electron chi connectivity index (χ0n) is 16.8. The van der Waals surface area contributed by atoms with Crippen LogP contribution in [0.4, 0.5) is 5.69 Å². The predicted molar refractivity (Wildman–Crippen MR) is 117 cm³/mol. The van der Waals surface area contributed by atoms with E-state index in [2.05, 4.69) is 33.0 Å². The summed E-state index contributed by atoms with van der Waals surface area (Å²) >= 11 is 1.40. The van der Waals surface area contributed by atoms with Crippen molar-refractivity contribution in [2.45, 2.75) is 27.3 Å². The molecule has 3 aromatic heterocycles. The van der Waals surface area contributed by atoms with Gasteiger partial charge in [-0.05, 0) is 56.7 Å². The summed E-state index contributed by atoms with van der Waals surface area (Å²) in [6.07, 6.45) is 3.85. The van der Waals surface area contributed by atoms with E-state index in [0.29, 0.717) is 4.88 Å². The van der Waals surface area contributed by atoms with E-state index in [1.165, 1.54) is 11.3 Å². The van der Waals surface area contributed by atoms with Gasteiger partial charge in [0.05, 0.1) is 12.8 Å². The van der Waals surface area contributed by atoms with Crippen LogP contribution in [0.25, 0.3) is 21.6 Å². The van der Waals surface area contributed by atoms with Crippen molar-refractivity contribution in [2.75, 3.05) is 12.4 Å². The highest BCUT2D eigenvalue weighted by Crippen LogP contribution is 2.34. The lowest BCUT2D eigenvalue weighted by atomic mass is 10.2. The maximum absolute atomic E-state index is 12.9. The van der Waals surface area contributed by atoms with Gasteiger partial charge in [0.2, 0.25) is 0 Å². The number of benzene rings is 1. The second-order valence-electron chi connectivity index (χ2n) is 6.77. The van der Waals surface area contributed by atoms with Crippen LogP contribution in [0.1, 0.15) is 27.9 Å². The molecule has 0 radical (unpaired) electrons. The summed E-state index contributed by atoms with van der Waals surface area (Å²) in [6, 6.07) is 9.55. The molecule has 0 unspecified atom stereocenters. The summed E-state index contributed by atoms with van der Waals surface area (Å²) in [7, 11) is 1.63. The number of nitrogens with one attached hydrogen (secondary N) is 1. The first-order chi connectivity index (χ1) is 14.0. The second kappa shape index (κ2) is 7.67. The predicted octanol–water partition coefficient (Wildman–Crippen LogP) is 5.06. The molecular weight excluding hydrogens is 384 g/mol. The molecule has 0 bridgehead atoms. The summed E-state index contributed by atoms with van der Waals surface area (Å²) in [5.74, 6) is 0.606. The number of thiazole rings is 1. The first-order valence-corrected chi connectivity index (χ1v) is 10.2. The second-order valence-corrected chi connectivity index (χ2v) is 7.77. The summed E-state index contributed by atoms with van der Waals surface area (Å²) in [6.45, 7) is 6.71. The molecule has 0 aliphatic heterocycles. The first-order valence-electron chi connectivity index (χ1n) is 9.39. The van der Waals surface area contributed by atoms with E-state index in [1.807, 2.05) is 44.2 Å². The third kappa shape index (κ3) is 3.49. The molecule has 4 rings (SSSR count). The van der Waals surface area contributed by atoms with Gasteiger partial charge in [-0.1, -0.05) is 0 Å². The zero-order chi connectivity index (χ0) is 20.5. The molecule has 1 N–H and O–H groups in total. The van der Waals surface area contributed by atoms with Crippen molar-refractivity contribution in [3.8, 4) is 16.3 Å². The van der Waals surface area contributed by atoms with Gasteiger partial charge >= 0.3 is 0 Å². The van der Waals surface area contributed by atoms with Crippen molar-refractivity contribution in [1.82, 2.24) is 14.5 Å². The number of hydrogen-bond donors (Lipinski definition) is 1. The number of amides is 1. The Labute approximate surface area is 173 Å². The SMILES string of the molecule is CCn1cc(-c2nc(C)c(C(=O)Nc3ccc(OC)cc3C)s2)c2cccnc21. The summed E-state index contributed by atoms with van der Waals surface area (Å²) in [5.41, 5.74) is 4.35. The van der Waals surface area contributed by atoms with Crippen LogP contribution in [0.2, 0.25) is 0 Å². The first kappa shape index (κ1) is 19.1. The van der Waals surface area contributed by atoms with Gasteiger partial charge in [0.25, 0.3) is 5.91 Å². The fourth-order valence-electron chi connectivity index (χ4n) is 3.34. The minimum absolute atomic E-state index is 0.156. The number of rotatable bonds is 5. The van der Waals surface area contributed by atoms with Crippen LogP contribution in [0, 0.1) is 13.8 Å². The highest BCUT2D eigenvalue weighted by atomic mass is 32.1. The summed E-state index contributed by atoms with van der Waals surface area (Å²) in [5, 5.41) is 4.86. The molecule has 1 aromatic carbocycles. The average Bonchev–Trinajstić information content (AvgIpc) is 3.29. The van der Waals surface area contributed by atoms with Crippen LogP contribution >= 0.6 is 11.3 Å². The summed E-state index contributed by atoms with van der Waals surface area (Å²) < 4.78 is 7.33. The Morgan fingerprint density at radius 1 is 1.28 bits per heavy atom. The molecule has 7 heteroatoms. The minimum atomic E-state index is -0.156. The molecule has 29 heavy (non-hydrogen) atoms. The maximum atomic E-state index is 12.9. The van der Waals surface area contributed by atoms with Crippen LogP contribution in [0.3, 0.4) is 0 Å². The van der Waals surface area contributed by atoms with E-state index in [1.54, 1.807) is 13.3 Å². The fourth-order valence-corrected chi connectivity index (χ4v) is 4.32. The van der Waals surface area contributed by atoms with Gasteiger partial charge in [-0.2, -0.15) is 0 Å². The third-order valence-electron chi connectivity index (χ3n) is 4.89. The van der Waals surface area contributed by atoms with Crippen molar-refractivity contribution in [3.63, 3.8) is 0 Å². The van der Waals surface area contributed by atoms with Crippen molar-refractivity contribution in [3.05, 3.63) is 58.9 Å². The van der Waals surface area contributed by atoms with Crippen LogP contribution < -0.4 is 10.1 Å². The maximum Gasteiger partial charge on any atom is 0.267 e. The lowest BCUT2D eigenvalue weighted by Gasteiger charge is -2.09. The number of methoxy groups -OCH3 is 1. The number of hydrogen-bond acceptors (Lipinski definition) is 5. The number of aromatic nitrogens is 3. The van der Waals surface area contributed by atoms with Crippen LogP contribution in [0.15, 0.2) is 42.7 Å². The van der Waals surface area contributed by atoms with Crippen molar-refractivity contribution in [2.24, 2.45) is 0 Å². The number of ether oxygens (including phenoxy) is 1. The Hall–Kier alpha value is -3.19. The zero-order valence-corrected chi connectivity index (χ0v) is 17.6. The molecular formula is C22H22N4O2S. The lowest BCUT2D eigenvalue weighted by molar-refractivity contribution is 0.102. The molecule has 0 aliphatic carbocycles. The van der Waals surface area contributed by atoms with E-state index in [-0.39, 0.29) is 5.91 Å². The molecule has 0 fully saturated rings. The molecule has 0 saturated carbocycles. The van der Waals surface area contributed by atoms with Crippen LogP contribution in [-0.2, 0) is 6.54 Å². The fraction of sp³-hybridized carbons (Fsp3) is 0.227. The number of nitrogens with zero attached hydrogens (tertiary/aromatic N) is 3. The van der Waals surface area contributed by atoms with E-state index >= 15 is 0 Å². The van der Waals surface area contributed by atoms with Gasteiger partial charge in [-0.25, -0.2) is 9.97 Å². The molecule has 6 nitrogen and oxygen atoms in total. The van der Waals surface area contributed by atoms with E-state index in [9.17, 15) is 4.79 Å². The number of pyridine rings is 1. The Morgan fingerprint density at radius 3 is 2.83 bits per heavy atom. The molecule has 4 aromatic rings. The van der Waals surface area contributed by atoms with Crippen LogP contribution in [0.5, 0.6) is 5.75 Å².